The van der Waals surface area contributed by atoms with E-state index in [0.29, 0.717) is 18.9 Å². The Hall–Kier alpha value is -1.73. The van der Waals surface area contributed by atoms with Crippen molar-refractivity contribution < 1.29 is 4.79 Å². The number of likely N-dealkylation sites (tertiary alicyclic amines) is 1. The molecule has 2 aromatic heterocycles. The maximum atomic E-state index is 12.8. The summed E-state index contributed by atoms with van der Waals surface area (Å²) in [7, 11) is 0. The smallest absolute Gasteiger partial charge is 0.227 e. The summed E-state index contributed by atoms with van der Waals surface area (Å²) in [5, 5.41) is 3.02. The Labute approximate surface area is 173 Å². The van der Waals surface area contributed by atoms with Crippen LogP contribution in [0.15, 0.2) is 47.8 Å². The largest absolute Gasteiger partial charge is 0.342 e. The Bertz CT molecular complexity index is 880. The second kappa shape index (κ2) is 8.97. The zero-order chi connectivity index (χ0) is 17.9. The van der Waals surface area contributed by atoms with Crippen LogP contribution in [0.2, 0.25) is 0 Å². The molecule has 27 heavy (non-hydrogen) atoms. The van der Waals surface area contributed by atoms with Crippen molar-refractivity contribution >= 4 is 41.0 Å². The molecule has 2 N–H and O–H groups in total. The summed E-state index contributed by atoms with van der Waals surface area (Å²) in [6.45, 7) is 2.26. The van der Waals surface area contributed by atoms with Gasteiger partial charge in [0.2, 0.25) is 5.91 Å². The zero-order valence-corrected chi connectivity index (χ0v) is 17.3. The second-order valence-corrected chi connectivity index (χ2v) is 8.57. The first-order valence-electron chi connectivity index (χ1n) is 8.81. The lowest BCUT2D eigenvalue weighted by Gasteiger charge is -2.16. The number of amides is 1. The van der Waals surface area contributed by atoms with Crippen LogP contribution in [0, 0.1) is 5.92 Å². The number of nitrogens with zero attached hydrogens (tertiary/aromatic N) is 2. The number of aromatic nitrogens is 1. The summed E-state index contributed by atoms with van der Waals surface area (Å²) in [4.78, 5) is 21.8. The molecule has 0 bridgehead atoms. The van der Waals surface area contributed by atoms with Crippen molar-refractivity contribution in [3.05, 3.63) is 52.7 Å². The van der Waals surface area contributed by atoms with Gasteiger partial charge in [-0.2, -0.15) is 0 Å². The summed E-state index contributed by atoms with van der Waals surface area (Å²) in [6.07, 6.45) is 1.42. The molecule has 3 aromatic rings. The average molecular weight is 420 g/mol. The van der Waals surface area contributed by atoms with E-state index in [1.54, 1.807) is 22.7 Å². The number of hydrogen-bond acceptors (Lipinski definition) is 5. The summed E-state index contributed by atoms with van der Waals surface area (Å²) < 4.78 is 0. The van der Waals surface area contributed by atoms with E-state index in [4.69, 9.17) is 10.7 Å². The first-order chi connectivity index (χ1) is 12.7. The van der Waals surface area contributed by atoms with Crippen LogP contribution in [-0.2, 0) is 11.2 Å². The van der Waals surface area contributed by atoms with Gasteiger partial charge in [-0.25, -0.2) is 4.98 Å². The molecule has 0 aliphatic carbocycles. The van der Waals surface area contributed by atoms with E-state index in [2.05, 4.69) is 23.6 Å². The maximum Gasteiger partial charge on any atom is 0.227 e. The van der Waals surface area contributed by atoms with Gasteiger partial charge in [-0.05, 0) is 30.3 Å². The normalized spacial score (nSPS) is 16.3. The molecule has 4 nitrogen and oxygen atoms in total. The molecule has 1 amide bonds. The summed E-state index contributed by atoms with van der Waals surface area (Å²) >= 11 is 3.29. The molecule has 1 atom stereocenters. The van der Waals surface area contributed by atoms with Gasteiger partial charge in [0, 0.05) is 23.5 Å². The Kier molecular flexibility index (Phi) is 6.65. The molecule has 0 saturated carbocycles. The van der Waals surface area contributed by atoms with Crippen LogP contribution in [0.1, 0.15) is 11.3 Å². The fraction of sp³-hybridized carbons (Fsp3) is 0.300. The highest BCUT2D eigenvalue weighted by Crippen LogP contribution is 2.36. The van der Waals surface area contributed by atoms with Crippen LogP contribution >= 0.6 is 35.1 Å². The highest BCUT2D eigenvalue weighted by Gasteiger charge is 2.27. The number of carbonyl (C=O) groups excluding carboxylic acids is 1. The third kappa shape index (κ3) is 4.41. The third-order valence-electron chi connectivity index (χ3n) is 4.76. The van der Waals surface area contributed by atoms with E-state index in [9.17, 15) is 4.79 Å². The summed E-state index contributed by atoms with van der Waals surface area (Å²) in [5.74, 6) is 0.624. The molecule has 0 spiro atoms. The van der Waals surface area contributed by atoms with Crippen LogP contribution in [-0.4, -0.2) is 35.4 Å². The Morgan fingerprint density at radius 1 is 1.22 bits per heavy atom. The lowest BCUT2D eigenvalue weighted by molar-refractivity contribution is -0.129. The molecular weight excluding hydrogens is 398 g/mol. The van der Waals surface area contributed by atoms with Crippen molar-refractivity contribution in [1.82, 2.24) is 9.88 Å². The van der Waals surface area contributed by atoms with Crippen LogP contribution in [0.3, 0.4) is 0 Å². The van der Waals surface area contributed by atoms with Crippen molar-refractivity contribution in [2.45, 2.75) is 12.8 Å². The number of hydrogen-bond donors (Lipinski definition) is 1. The van der Waals surface area contributed by atoms with Gasteiger partial charge in [-0.3, -0.25) is 4.79 Å². The summed E-state index contributed by atoms with van der Waals surface area (Å²) in [5.41, 5.74) is 7.81. The first kappa shape index (κ1) is 20.0. The molecule has 1 saturated heterocycles. The van der Waals surface area contributed by atoms with Crippen molar-refractivity contribution in [2.24, 2.45) is 11.7 Å². The number of halogens is 1. The Balaban J connectivity index is 0.00000210. The van der Waals surface area contributed by atoms with Gasteiger partial charge in [-0.1, -0.05) is 36.4 Å². The van der Waals surface area contributed by atoms with E-state index < -0.39 is 0 Å². The first-order valence-corrected chi connectivity index (χ1v) is 10.5. The van der Waals surface area contributed by atoms with Gasteiger partial charge >= 0.3 is 0 Å². The number of thiazole rings is 1. The predicted octanol–water partition coefficient (Wildman–Crippen LogP) is 4.31. The van der Waals surface area contributed by atoms with Gasteiger partial charge < -0.3 is 10.6 Å². The van der Waals surface area contributed by atoms with E-state index in [1.807, 2.05) is 29.2 Å². The lowest BCUT2D eigenvalue weighted by Crippen LogP contribution is -2.31. The van der Waals surface area contributed by atoms with E-state index in [1.165, 1.54) is 0 Å². The highest BCUT2D eigenvalue weighted by atomic mass is 35.5. The van der Waals surface area contributed by atoms with Crippen molar-refractivity contribution in [1.29, 1.82) is 0 Å². The SMILES string of the molecule is Cl.NCC1CCN(C(=O)Cc2sc(-c3ccccc3)nc2-c2cccs2)C1. The molecule has 1 aromatic carbocycles. The van der Waals surface area contributed by atoms with E-state index in [-0.39, 0.29) is 18.3 Å². The topological polar surface area (TPSA) is 59.2 Å². The minimum absolute atomic E-state index is 0. The number of nitrogens with two attached hydrogens (primary N) is 1. The predicted molar refractivity (Wildman–Crippen MR) is 116 cm³/mol. The number of benzene rings is 1. The zero-order valence-electron chi connectivity index (χ0n) is 14.8. The molecule has 0 radical (unpaired) electrons. The van der Waals surface area contributed by atoms with E-state index >= 15 is 0 Å². The van der Waals surface area contributed by atoms with Gasteiger partial charge in [-0.15, -0.1) is 35.1 Å². The molecule has 142 valence electrons. The molecule has 3 heterocycles. The van der Waals surface area contributed by atoms with E-state index in [0.717, 1.165) is 45.5 Å². The lowest BCUT2D eigenvalue weighted by atomic mass is 10.1. The Morgan fingerprint density at radius 3 is 2.70 bits per heavy atom. The minimum Gasteiger partial charge on any atom is -0.342 e. The van der Waals surface area contributed by atoms with Crippen molar-refractivity contribution in [3.63, 3.8) is 0 Å². The van der Waals surface area contributed by atoms with Crippen LogP contribution in [0.4, 0.5) is 0 Å². The molecule has 1 aliphatic rings. The van der Waals surface area contributed by atoms with Crippen molar-refractivity contribution in [2.75, 3.05) is 19.6 Å². The molecule has 1 aliphatic heterocycles. The van der Waals surface area contributed by atoms with Gasteiger partial charge in [0.05, 0.1) is 17.0 Å². The van der Waals surface area contributed by atoms with Crippen LogP contribution in [0.25, 0.3) is 21.1 Å². The maximum absolute atomic E-state index is 12.8. The van der Waals surface area contributed by atoms with Gasteiger partial charge in [0.1, 0.15) is 5.01 Å². The molecule has 1 unspecified atom stereocenters. The van der Waals surface area contributed by atoms with Gasteiger partial charge in [0.15, 0.2) is 0 Å². The molecule has 4 rings (SSSR count). The monoisotopic (exact) mass is 419 g/mol. The number of rotatable bonds is 5. The fourth-order valence-electron chi connectivity index (χ4n) is 3.28. The Morgan fingerprint density at radius 2 is 2.04 bits per heavy atom. The standard InChI is InChI=1S/C20H21N3OS2.ClH/c21-12-14-8-9-23(13-14)18(24)11-17-19(16-7-4-10-25-16)22-20(26-17)15-5-2-1-3-6-15;/h1-7,10,14H,8-9,11-13,21H2;1H. The third-order valence-corrected chi connectivity index (χ3v) is 6.74. The molecule has 7 heteroatoms. The quantitative estimate of drug-likeness (QED) is 0.670. The molecular formula is C20H22ClN3OS2. The minimum atomic E-state index is 0. The van der Waals surface area contributed by atoms with Crippen LogP contribution < -0.4 is 5.73 Å². The highest BCUT2D eigenvalue weighted by molar-refractivity contribution is 7.17. The number of thiophene rings is 1. The van der Waals surface area contributed by atoms with Gasteiger partial charge in [0.25, 0.3) is 0 Å². The fourth-order valence-corrected chi connectivity index (χ4v) is 5.16. The van der Waals surface area contributed by atoms with Crippen molar-refractivity contribution in [3.8, 4) is 21.1 Å². The second-order valence-electron chi connectivity index (χ2n) is 6.54. The average Bonchev–Trinajstić information content (AvgIpc) is 3.42. The molecule has 1 fully saturated rings. The number of carbonyl (C=O) groups is 1. The van der Waals surface area contributed by atoms with Crippen LogP contribution in [0.5, 0.6) is 0 Å². The summed E-state index contributed by atoms with van der Waals surface area (Å²) in [6, 6.07) is 14.3.